The quantitative estimate of drug-likeness (QED) is 0.163. The molecule has 0 bridgehead atoms. The number of nitrogens with zero attached hydrogens (tertiary/aromatic N) is 2. The van der Waals surface area contributed by atoms with Crippen LogP contribution in [-0.4, -0.2) is 6.71 Å². The van der Waals surface area contributed by atoms with Crippen molar-refractivity contribution in [1.82, 2.24) is 0 Å². The van der Waals surface area contributed by atoms with Gasteiger partial charge in [-0.15, -0.1) is 11.3 Å². The van der Waals surface area contributed by atoms with Gasteiger partial charge in [0.05, 0.1) is 0 Å². The van der Waals surface area contributed by atoms with Crippen LogP contribution in [0.25, 0.3) is 26.8 Å². The second kappa shape index (κ2) is 14.5. The van der Waals surface area contributed by atoms with Crippen molar-refractivity contribution >= 4 is 84.2 Å². The average molecular weight is 889 g/mol. The molecule has 2 aliphatic heterocycles. The molecule has 8 aromatic rings. The van der Waals surface area contributed by atoms with E-state index < -0.39 is 0 Å². The smallest absolute Gasteiger partial charge is 0.252 e. The summed E-state index contributed by atoms with van der Waals surface area (Å²) in [5, 5.41) is 1.42. The predicted molar refractivity (Wildman–Crippen MR) is 291 cm³/mol. The lowest BCUT2D eigenvalue weighted by Gasteiger charge is -2.46. The van der Waals surface area contributed by atoms with Crippen LogP contribution in [0.1, 0.15) is 126 Å². The first-order chi connectivity index (χ1) is 31.9. The highest BCUT2D eigenvalue weighted by molar-refractivity contribution is 7.20. The van der Waals surface area contributed by atoms with Crippen LogP contribution in [0.3, 0.4) is 0 Å². The van der Waals surface area contributed by atoms with Crippen molar-refractivity contribution in [2.45, 2.75) is 111 Å². The molecule has 0 unspecified atom stereocenters. The normalized spacial score (nSPS) is 15.7. The van der Waals surface area contributed by atoms with Gasteiger partial charge >= 0.3 is 0 Å². The van der Waals surface area contributed by atoms with Crippen LogP contribution in [0.2, 0.25) is 0 Å². The summed E-state index contributed by atoms with van der Waals surface area (Å²) in [4.78, 5) is 6.69. The summed E-state index contributed by atoms with van der Waals surface area (Å²) in [6.45, 7) is 26.1. The van der Waals surface area contributed by atoms with Crippen molar-refractivity contribution in [1.29, 1.82) is 0 Å². The Morgan fingerprint density at radius 2 is 1.07 bits per heavy atom. The topological polar surface area (TPSA) is 6.48 Å². The van der Waals surface area contributed by atoms with Gasteiger partial charge in [0, 0.05) is 49.1 Å². The van der Waals surface area contributed by atoms with Gasteiger partial charge in [0.15, 0.2) is 0 Å². The van der Waals surface area contributed by atoms with Crippen LogP contribution in [0, 0.1) is 0 Å². The minimum absolute atomic E-state index is 0.0252. The second-order valence-corrected chi connectivity index (χ2v) is 24.4. The Hall–Kier alpha value is -6.10. The van der Waals surface area contributed by atoms with Gasteiger partial charge in [0.25, 0.3) is 6.71 Å². The van der Waals surface area contributed by atoms with E-state index in [0.29, 0.717) is 0 Å². The number of thiophene rings is 1. The Morgan fingerprint density at radius 3 is 1.72 bits per heavy atom. The van der Waals surface area contributed by atoms with Gasteiger partial charge in [-0.25, -0.2) is 0 Å². The number of fused-ring (bicyclic) bond motifs is 10. The van der Waals surface area contributed by atoms with Crippen LogP contribution in [0.15, 0.2) is 146 Å². The van der Waals surface area contributed by atoms with Gasteiger partial charge in [-0.2, -0.15) is 0 Å². The van der Waals surface area contributed by atoms with Crippen molar-refractivity contribution in [2.24, 2.45) is 0 Å². The van der Waals surface area contributed by atoms with Crippen LogP contribution in [0.5, 0.6) is 0 Å². The monoisotopic (exact) mass is 888 g/mol. The van der Waals surface area contributed by atoms with Gasteiger partial charge in [0.2, 0.25) is 0 Å². The summed E-state index contributed by atoms with van der Waals surface area (Å²) < 4.78 is 1.38. The zero-order chi connectivity index (χ0) is 46.5. The van der Waals surface area contributed by atoms with Crippen LogP contribution in [-0.2, 0) is 28.1 Å². The fourth-order valence-corrected chi connectivity index (χ4v) is 13.1. The minimum Gasteiger partial charge on any atom is -0.311 e. The van der Waals surface area contributed by atoms with Crippen molar-refractivity contribution < 1.29 is 0 Å². The largest absolute Gasteiger partial charge is 0.311 e. The van der Waals surface area contributed by atoms with Crippen molar-refractivity contribution in [3.63, 3.8) is 0 Å². The maximum absolute atomic E-state index is 2.64. The number of rotatable bonds is 3. The Balaban J connectivity index is 1.11. The van der Waals surface area contributed by atoms with E-state index in [2.05, 4.69) is 232 Å². The highest BCUT2D eigenvalue weighted by atomic mass is 32.1. The lowest BCUT2D eigenvalue weighted by atomic mass is 9.33. The fraction of sp³-hybridized carbons (Fsp3) is 0.270. The zero-order valence-corrected chi connectivity index (χ0v) is 42.0. The summed E-state index contributed by atoms with van der Waals surface area (Å²) in [7, 11) is 0. The molecule has 0 fully saturated rings. The third-order valence-corrected chi connectivity index (χ3v) is 16.9. The van der Waals surface area contributed by atoms with Gasteiger partial charge < -0.3 is 9.80 Å². The molecule has 0 amide bonds. The van der Waals surface area contributed by atoms with E-state index >= 15 is 0 Å². The van der Waals surface area contributed by atoms with Gasteiger partial charge in [0.1, 0.15) is 0 Å². The molecular formula is C63H61BN2S. The molecule has 12 rings (SSSR count). The Labute approximate surface area is 403 Å². The van der Waals surface area contributed by atoms with Crippen molar-refractivity contribution in [3.05, 3.63) is 189 Å². The molecule has 7 aromatic carbocycles. The molecule has 332 valence electrons. The van der Waals surface area contributed by atoms with E-state index in [1.54, 1.807) is 0 Å². The van der Waals surface area contributed by atoms with Gasteiger partial charge in [-0.1, -0.05) is 167 Å². The van der Waals surface area contributed by atoms with E-state index in [9.17, 15) is 0 Å². The Kier molecular flexibility index (Phi) is 9.12. The number of hydrogen-bond acceptors (Lipinski definition) is 3. The number of anilines is 6. The summed E-state index contributed by atoms with van der Waals surface area (Å²) in [6, 6.07) is 54.7. The number of aryl methyl sites for hydroxylation is 1. The lowest BCUT2D eigenvalue weighted by molar-refractivity contribution is 0.590. The van der Waals surface area contributed by atoms with Gasteiger partial charge in [-0.3, -0.25) is 0 Å². The Bertz CT molecular complexity index is 3400. The predicted octanol–water partition coefficient (Wildman–Crippen LogP) is 15.6. The standard InChI is InChI=1S/C63H61BN2S/c1-60(2,3)39-25-31-51-53(33-39)65(42-27-23-38(24-28-42)44-19-16-20-48-47-18-13-15-22-57(47)67-59(44)48)55-35-41(62(7,8)9)36-56-58(55)64(51)52-32-26-40(61(4,5)6)34-54(52)66(56)43-29-30-46-45-17-12-14-21-49(45)63(10,11)50(46)37-43/h12-15,17-19,21-37H,16,20H2,1-11H3. The highest BCUT2D eigenvalue weighted by Crippen LogP contribution is 2.53. The number of allylic oxidation sites excluding steroid dienone is 1. The minimum atomic E-state index is -0.123. The third kappa shape index (κ3) is 6.42. The molecule has 0 spiro atoms. The molecule has 2 nitrogen and oxygen atoms in total. The average Bonchev–Trinajstić information content (AvgIpc) is 3.79. The molecule has 2 aliphatic carbocycles. The first-order valence-corrected chi connectivity index (χ1v) is 25.3. The Morgan fingerprint density at radius 1 is 0.522 bits per heavy atom. The summed E-state index contributed by atoms with van der Waals surface area (Å²) in [6.07, 6.45) is 4.64. The molecule has 67 heavy (non-hydrogen) atoms. The molecule has 0 saturated heterocycles. The molecule has 1 aromatic heterocycles. The SMILES string of the molecule is CC(C)(C)c1ccc2c(c1)N(c1ccc(C3=CCCc4c3sc3ccccc43)cc1)c1cc(C(C)(C)C)cc3c1B2c1ccc(C(C)(C)C)cc1N3c1ccc2c(c1)C(C)(C)c1ccccc1-2. The molecule has 4 aliphatic rings. The van der Waals surface area contributed by atoms with Gasteiger partial charge in [-0.05, 0) is 161 Å². The number of benzene rings is 7. The van der Waals surface area contributed by atoms with Crippen molar-refractivity contribution in [3.8, 4) is 11.1 Å². The third-order valence-electron chi connectivity index (χ3n) is 15.6. The molecule has 0 saturated carbocycles. The van der Waals surface area contributed by atoms with Crippen LogP contribution >= 0.6 is 11.3 Å². The maximum atomic E-state index is 2.64. The molecule has 0 radical (unpaired) electrons. The first kappa shape index (κ1) is 42.3. The second-order valence-electron chi connectivity index (χ2n) is 23.3. The van der Waals surface area contributed by atoms with Crippen molar-refractivity contribution in [2.75, 3.05) is 9.80 Å². The van der Waals surface area contributed by atoms with Crippen LogP contribution in [0.4, 0.5) is 34.1 Å². The molecule has 3 heterocycles. The van der Waals surface area contributed by atoms with Crippen LogP contribution < -0.4 is 26.2 Å². The van der Waals surface area contributed by atoms with E-state index in [1.165, 1.54) is 121 Å². The van der Waals surface area contributed by atoms with E-state index in [-0.39, 0.29) is 28.4 Å². The maximum Gasteiger partial charge on any atom is 0.252 e. The number of hydrogen-bond donors (Lipinski definition) is 0. The molecular weight excluding hydrogens is 828 g/mol. The fourth-order valence-electron chi connectivity index (χ4n) is 11.8. The van der Waals surface area contributed by atoms with E-state index in [4.69, 9.17) is 0 Å². The lowest BCUT2D eigenvalue weighted by Crippen LogP contribution is -2.61. The molecule has 0 atom stereocenters. The summed E-state index contributed by atoms with van der Waals surface area (Å²) in [5.74, 6) is 0. The zero-order valence-electron chi connectivity index (χ0n) is 41.2. The molecule has 0 N–H and O–H groups in total. The highest BCUT2D eigenvalue weighted by Gasteiger charge is 2.45. The first-order valence-electron chi connectivity index (χ1n) is 24.5. The molecule has 4 heteroatoms. The summed E-state index contributed by atoms with van der Waals surface area (Å²) >= 11 is 1.95. The van der Waals surface area contributed by atoms with E-state index in [1.807, 2.05) is 11.3 Å². The van der Waals surface area contributed by atoms with E-state index in [0.717, 1.165) is 12.8 Å². The summed E-state index contributed by atoms with van der Waals surface area (Å²) in [5.41, 5.74) is 25.0.